The first-order valence-electron chi connectivity index (χ1n) is 9.27. The van der Waals surface area contributed by atoms with E-state index in [1.807, 2.05) is 48.5 Å². The Morgan fingerprint density at radius 3 is 1.43 bits per heavy atom. The van der Waals surface area contributed by atoms with E-state index >= 15 is 0 Å². The largest absolute Gasteiger partial charge is 0.470 e. The number of ether oxygens (including phenoxy) is 2. The van der Waals surface area contributed by atoms with E-state index in [4.69, 9.17) is 19.5 Å². The molecule has 0 unspecified atom stereocenters. The molecule has 1 saturated heterocycles. The number of benzene rings is 4. The van der Waals surface area contributed by atoms with Crippen molar-refractivity contribution in [1.29, 1.82) is 0 Å². The number of rotatable bonds is 2. The Labute approximate surface area is 162 Å². The molecule has 4 aromatic rings. The summed E-state index contributed by atoms with van der Waals surface area (Å²) in [4.78, 5) is 9.49. The summed E-state index contributed by atoms with van der Waals surface area (Å²) in [5.41, 5.74) is 1.67. The molecule has 1 heterocycles. The van der Waals surface area contributed by atoms with Crippen LogP contribution in [-0.4, -0.2) is 25.0 Å². The maximum absolute atomic E-state index is 5.82. The highest BCUT2D eigenvalue weighted by Gasteiger charge is 2.19. The molecule has 0 saturated carbocycles. The zero-order valence-corrected chi connectivity index (χ0v) is 15.2. The maximum atomic E-state index is 5.82. The van der Waals surface area contributed by atoms with Gasteiger partial charge in [0.1, 0.15) is 13.2 Å². The van der Waals surface area contributed by atoms with E-state index in [2.05, 4.69) is 36.4 Å². The van der Waals surface area contributed by atoms with Gasteiger partial charge in [0, 0.05) is 10.8 Å². The van der Waals surface area contributed by atoms with E-state index in [0.717, 1.165) is 32.9 Å². The van der Waals surface area contributed by atoms with Gasteiger partial charge in [0.05, 0.1) is 11.4 Å². The molecule has 0 bridgehead atoms. The molecular formula is C24H18N2O2. The van der Waals surface area contributed by atoms with Crippen LogP contribution in [0.25, 0.3) is 21.5 Å². The predicted molar refractivity (Wildman–Crippen MR) is 114 cm³/mol. The number of hydrogen-bond acceptors (Lipinski definition) is 4. The minimum absolute atomic E-state index is 0.413. The van der Waals surface area contributed by atoms with Crippen LogP contribution < -0.4 is 0 Å². The van der Waals surface area contributed by atoms with Crippen molar-refractivity contribution < 1.29 is 9.47 Å². The molecule has 0 N–H and O–H groups in total. The third kappa shape index (κ3) is 3.09. The molecule has 0 amide bonds. The van der Waals surface area contributed by atoms with Gasteiger partial charge < -0.3 is 9.47 Å². The van der Waals surface area contributed by atoms with Crippen LogP contribution in [0.2, 0.25) is 0 Å². The van der Waals surface area contributed by atoms with Crippen LogP contribution in [0.3, 0.4) is 0 Å². The quantitative estimate of drug-likeness (QED) is 0.450. The summed E-state index contributed by atoms with van der Waals surface area (Å²) in [7, 11) is 0. The second-order valence-electron chi connectivity index (χ2n) is 6.53. The Balaban J connectivity index is 1.62. The molecule has 0 aromatic heterocycles. The van der Waals surface area contributed by atoms with E-state index in [1.165, 1.54) is 0 Å². The maximum Gasteiger partial charge on any atom is 0.278 e. The summed E-state index contributed by atoms with van der Waals surface area (Å²) in [6.45, 7) is 0.913. The molecule has 1 fully saturated rings. The average molecular weight is 366 g/mol. The van der Waals surface area contributed by atoms with Crippen LogP contribution >= 0.6 is 0 Å². The fourth-order valence-electron chi connectivity index (χ4n) is 3.39. The predicted octanol–water partition coefficient (Wildman–Crippen LogP) is 5.80. The van der Waals surface area contributed by atoms with E-state index < -0.39 is 0 Å². The van der Waals surface area contributed by atoms with Crippen molar-refractivity contribution in [2.75, 3.05) is 13.2 Å². The Bertz CT molecular complexity index is 1120. The number of hydrogen-bond donors (Lipinski definition) is 0. The summed E-state index contributed by atoms with van der Waals surface area (Å²) < 4.78 is 11.6. The van der Waals surface area contributed by atoms with Gasteiger partial charge in [-0.2, -0.15) is 0 Å². The highest BCUT2D eigenvalue weighted by Crippen LogP contribution is 2.28. The molecule has 136 valence electrons. The molecule has 0 atom stereocenters. The molecule has 4 nitrogen and oxygen atoms in total. The zero-order valence-electron chi connectivity index (χ0n) is 15.2. The number of fused-ring (bicyclic) bond motifs is 2. The lowest BCUT2D eigenvalue weighted by Gasteiger charge is -2.18. The van der Waals surface area contributed by atoms with Crippen LogP contribution in [-0.2, 0) is 9.47 Å². The first-order chi connectivity index (χ1) is 13.9. The summed E-state index contributed by atoms with van der Waals surface area (Å²) in [6.07, 6.45) is 0. The van der Waals surface area contributed by atoms with E-state index in [0.29, 0.717) is 25.0 Å². The van der Waals surface area contributed by atoms with Crippen molar-refractivity contribution >= 4 is 44.7 Å². The summed E-state index contributed by atoms with van der Waals surface area (Å²) >= 11 is 0. The molecule has 0 aliphatic carbocycles. The first-order valence-corrected chi connectivity index (χ1v) is 9.27. The number of aliphatic imine (C=N–C) groups is 2. The Kier molecular flexibility index (Phi) is 4.22. The van der Waals surface area contributed by atoms with Gasteiger partial charge in [0.2, 0.25) is 0 Å². The molecular weight excluding hydrogens is 348 g/mol. The molecule has 4 aromatic carbocycles. The molecule has 5 rings (SSSR count). The molecule has 28 heavy (non-hydrogen) atoms. The van der Waals surface area contributed by atoms with Gasteiger partial charge in [-0.15, -0.1) is 0 Å². The van der Waals surface area contributed by atoms with Crippen molar-refractivity contribution in [3.8, 4) is 0 Å². The van der Waals surface area contributed by atoms with Gasteiger partial charge >= 0.3 is 0 Å². The highest BCUT2D eigenvalue weighted by molar-refractivity contribution is 6.37. The zero-order chi connectivity index (χ0) is 18.8. The van der Waals surface area contributed by atoms with Gasteiger partial charge in [0.15, 0.2) is 0 Å². The van der Waals surface area contributed by atoms with Gasteiger partial charge in [-0.1, -0.05) is 72.8 Å². The van der Waals surface area contributed by atoms with E-state index in [-0.39, 0.29) is 0 Å². The second kappa shape index (κ2) is 7.16. The lowest BCUT2D eigenvalue weighted by molar-refractivity contribution is 0.173. The standard InChI is InChI=1S/C24H18N2O2/c1-3-11-19-17(7-1)9-5-13-21(19)25-23-24(28-16-15-27-23)26-22-14-6-10-18-8-2-4-12-20(18)22/h1-14H,15-16H2. The van der Waals surface area contributed by atoms with Crippen LogP contribution in [0.15, 0.2) is 94.9 Å². The highest BCUT2D eigenvalue weighted by atomic mass is 16.6. The lowest BCUT2D eigenvalue weighted by Crippen LogP contribution is -2.29. The summed E-state index contributed by atoms with van der Waals surface area (Å²) in [6, 6.07) is 28.4. The number of nitrogens with zero attached hydrogens (tertiary/aromatic N) is 2. The smallest absolute Gasteiger partial charge is 0.278 e. The van der Waals surface area contributed by atoms with Crippen molar-refractivity contribution in [2.24, 2.45) is 9.98 Å². The molecule has 1 aliphatic rings. The van der Waals surface area contributed by atoms with Crippen molar-refractivity contribution in [2.45, 2.75) is 0 Å². The minimum Gasteiger partial charge on any atom is -0.470 e. The molecule has 0 radical (unpaired) electrons. The van der Waals surface area contributed by atoms with Gasteiger partial charge in [-0.3, -0.25) is 0 Å². The summed E-state index contributed by atoms with van der Waals surface area (Å²) in [5.74, 6) is 0.825. The Morgan fingerprint density at radius 1 is 0.500 bits per heavy atom. The van der Waals surface area contributed by atoms with Crippen molar-refractivity contribution in [1.82, 2.24) is 0 Å². The Hall–Kier alpha value is -3.66. The Morgan fingerprint density at radius 2 is 0.929 bits per heavy atom. The van der Waals surface area contributed by atoms with Crippen LogP contribution in [0.5, 0.6) is 0 Å². The average Bonchev–Trinajstić information content (AvgIpc) is 2.76. The SMILES string of the molecule is c1ccc2c(N=C3OCCOC3=Nc3cccc4ccccc34)cccc2c1. The topological polar surface area (TPSA) is 43.2 Å². The third-order valence-electron chi connectivity index (χ3n) is 4.72. The third-order valence-corrected chi connectivity index (χ3v) is 4.72. The monoisotopic (exact) mass is 366 g/mol. The van der Waals surface area contributed by atoms with Gasteiger partial charge in [0.25, 0.3) is 11.8 Å². The van der Waals surface area contributed by atoms with Crippen LogP contribution in [0.1, 0.15) is 0 Å². The van der Waals surface area contributed by atoms with Crippen LogP contribution in [0, 0.1) is 0 Å². The van der Waals surface area contributed by atoms with E-state index in [1.54, 1.807) is 0 Å². The fraction of sp³-hybridized carbons (Fsp3) is 0.0833. The van der Waals surface area contributed by atoms with Gasteiger partial charge in [-0.05, 0) is 22.9 Å². The minimum atomic E-state index is 0.413. The molecule has 4 heteroatoms. The van der Waals surface area contributed by atoms with Gasteiger partial charge in [-0.25, -0.2) is 9.98 Å². The normalized spacial score (nSPS) is 17.0. The molecule has 0 spiro atoms. The van der Waals surface area contributed by atoms with Crippen LogP contribution in [0.4, 0.5) is 11.4 Å². The van der Waals surface area contributed by atoms with Crippen molar-refractivity contribution in [3.05, 3.63) is 84.9 Å². The summed E-state index contributed by atoms with van der Waals surface area (Å²) in [5, 5.41) is 4.40. The fourth-order valence-corrected chi connectivity index (χ4v) is 3.39. The van der Waals surface area contributed by atoms with E-state index in [9.17, 15) is 0 Å². The second-order valence-corrected chi connectivity index (χ2v) is 6.53. The lowest BCUT2D eigenvalue weighted by atomic mass is 10.1. The first kappa shape index (κ1) is 16.5. The van der Waals surface area contributed by atoms with Crippen molar-refractivity contribution in [3.63, 3.8) is 0 Å². The molecule has 1 aliphatic heterocycles.